The van der Waals surface area contributed by atoms with Gasteiger partial charge in [0.1, 0.15) is 5.75 Å². The van der Waals surface area contributed by atoms with Crippen molar-refractivity contribution in [2.75, 3.05) is 19.7 Å². The van der Waals surface area contributed by atoms with Crippen molar-refractivity contribution in [1.29, 1.82) is 0 Å². The summed E-state index contributed by atoms with van der Waals surface area (Å²) in [6.45, 7) is 8.36. The third-order valence-electron chi connectivity index (χ3n) is 3.85. The number of hydrogen-bond donors (Lipinski definition) is 1. The number of likely N-dealkylation sites (tertiary alicyclic amines) is 1. The average molecular weight is 262 g/mol. The van der Waals surface area contributed by atoms with Crippen LogP contribution in [0.25, 0.3) is 0 Å². The summed E-state index contributed by atoms with van der Waals surface area (Å²) in [5.74, 6) is 1.63. The second-order valence-electron chi connectivity index (χ2n) is 5.64. The Labute approximate surface area is 116 Å². The fourth-order valence-electron chi connectivity index (χ4n) is 2.60. The number of hydrogen-bond acceptors (Lipinski definition) is 3. The summed E-state index contributed by atoms with van der Waals surface area (Å²) >= 11 is 0. The van der Waals surface area contributed by atoms with Gasteiger partial charge >= 0.3 is 0 Å². The topological polar surface area (TPSA) is 38.5 Å². The molecule has 0 bridgehead atoms. The van der Waals surface area contributed by atoms with E-state index in [9.17, 15) is 0 Å². The maximum Gasteiger partial charge on any atom is 0.119 e. The van der Waals surface area contributed by atoms with E-state index in [1.165, 1.54) is 18.5 Å². The van der Waals surface area contributed by atoms with Crippen molar-refractivity contribution in [2.24, 2.45) is 11.7 Å². The summed E-state index contributed by atoms with van der Waals surface area (Å²) in [6, 6.07) is 8.80. The zero-order valence-corrected chi connectivity index (χ0v) is 12.1. The van der Waals surface area contributed by atoms with E-state index in [1.54, 1.807) is 0 Å². The molecule has 3 heteroatoms. The summed E-state index contributed by atoms with van der Waals surface area (Å²) in [5.41, 5.74) is 7.33. The van der Waals surface area contributed by atoms with Crippen LogP contribution in [-0.2, 0) is 6.54 Å². The van der Waals surface area contributed by atoms with E-state index in [0.29, 0.717) is 12.0 Å². The quantitative estimate of drug-likeness (QED) is 0.856. The third-order valence-corrected chi connectivity index (χ3v) is 3.85. The lowest BCUT2D eigenvalue weighted by Crippen LogP contribution is -2.29. The highest BCUT2D eigenvalue weighted by atomic mass is 16.5. The number of nitrogens with two attached hydrogens (primary N) is 1. The minimum absolute atomic E-state index is 0.315. The molecular formula is C16H26N2O. The molecule has 0 spiro atoms. The monoisotopic (exact) mass is 262 g/mol. The highest BCUT2D eigenvalue weighted by Gasteiger charge is 2.24. The van der Waals surface area contributed by atoms with Gasteiger partial charge in [0.25, 0.3) is 0 Å². The first kappa shape index (κ1) is 14.4. The Morgan fingerprint density at radius 3 is 2.68 bits per heavy atom. The van der Waals surface area contributed by atoms with Crippen LogP contribution in [0.3, 0.4) is 0 Å². The van der Waals surface area contributed by atoms with Crippen molar-refractivity contribution >= 4 is 0 Å². The van der Waals surface area contributed by atoms with Crippen LogP contribution in [0.2, 0.25) is 0 Å². The van der Waals surface area contributed by atoms with Crippen molar-refractivity contribution in [3.05, 3.63) is 29.8 Å². The zero-order chi connectivity index (χ0) is 13.7. The van der Waals surface area contributed by atoms with Gasteiger partial charge in [-0.15, -0.1) is 0 Å². The molecule has 106 valence electrons. The summed E-state index contributed by atoms with van der Waals surface area (Å²) in [7, 11) is 0. The van der Waals surface area contributed by atoms with Crippen LogP contribution in [0.1, 0.15) is 32.3 Å². The van der Waals surface area contributed by atoms with E-state index in [0.717, 1.165) is 31.9 Å². The molecule has 3 nitrogen and oxygen atoms in total. The number of benzene rings is 1. The van der Waals surface area contributed by atoms with Gasteiger partial charge in [-0.1, -0.05) is 19.1 Å². The molecule has 1 aliphatic rings. The normalized spacial score (nSPS) is 21.5. The standard InChI is InChI=1S/C16H26N2O/c1-3-10-19-16-6-4-14(5-7-16)11-18-9-8-15(12-18)13(2)17/h4-7,13,15H,3,8-12,17H2,1-2H3. The molecule has 0 saturated carbocycles. The number of nitrogens with zero attached hydrogens (tertiary/aromatic N) is 1. The Morgan fingerprint density at radius 2 is 2.11 bits per heavy atom. The molecule has 2 atom stereocenters. The van der Waals surface area contributed by atoms with Gasteiger partial charge in [-0.25, -0.2) is 0 Å². The molecule has 0 aliphatic carbocycles. The first-order valence-corrected chi connectivity index (χ1v) is 7.38. The zero-order valence-electron chi connectivity index (χ0n) is 12.1. The molecule has 1 fully saturated rings. The largest absolute Gasteiger partial charge is 0.494 e. The van der Waals surface area contributed by atoms with Crippen LogP contribution >= 0.6 is 0 Å². The minimum Gasteiger partial charge on any atom is -0.494 e. The van der Waals surface area contributed by atoms with Gasteiger partial charge in [0, 0.05) is 19.1 Å². The fourth-order valence-corrected chi connectivity index (χ4v) is 2.60. The SMILES string of the molecule is CCCOc1ccc(CN2CCC(C(C)N)C2)cc1. The average Bonchev–Trinajstić information content (AvgIpc) is 2.87. The molecule has 2 rings (SSSR count). The molecule has 1 saturated heterocycles. The van der Waals surface area contributed by atoms with Crippen LogP contribution in [-0.4, -0.2) is 30.6 Å². The molecule has 1 aromatic carbocycles. The molecule has 1 aromatic rings. The first-order valence-electron chi connectivity index (χ1n) is 7.38. The Balaban J connectivity index is 1.83. The van der Waals surface area contributed by atoms with Gasteiger partial charge in [-0.3, -0.25) is 4.90 Å². The van der Waals surface area contributed by atoms with Crippen molar-refractivity contribution in [3.63, 3.8) is 0 Å². The van der Waals surface area contributed by atoms with Gasteiger partial charge in [0.2, 0.25) is 0 Å². The first-order chi connectivity index (χ1) is 9.19. The van der Waals surface area contributed by atoms with E-state index in [-0.39, 0.29) is 0 Å². The van der Waals surface area contributed by atoms with Crippen LogP contribution < -0.4 is 10.5 Å². The molecule has 1 heterocycles. The summed E-state index contributed by atoms with van der Waals surface area (Å²) in [6.07, 6.45) is 2.28. The summed E-state index contributed by atoms with van der Waals surface area (Å²) in [4.78, 5) is 2.50. The van der Waals surface area contributed by atoms with Crippen LogP contribution in [0, 0.1) is 5.92 Å². The second kappa shape index (κ2) is 6.92. The van der Waals surface area contributed by atoms with Crippen LogP contribution in [0.5, 0.6) is 5.75 Å². The third kappa shape index (κ3) is 4.22. The highest BCUT2D eigenvalue weighted by Crippen LogP contribution is 2.21. The maximum atomic E-state index is 5.98. The summed E-state index contributed by atoms with van der Waals surface area (Å²) in [5, 5.41) is 0. The lowest BCUT2D eigenvalue weighted by Gasteiger charge is -2.18. The number of ether oxygens (including phenoxy) is 1. The van der Waals surface area contributed by atoms with Gasteiger partial charge in [-0.2, -0.15) is 0 Å². The molecule has 2 unspecified atom stereocenters. The molecular weight excluding hydrogens is 236 g/mol. The Morgan fingerprint density at radius 1 is 1.37 bits per heavy atom. The van der Waals surface area contributed by atoms with E-state index < -0.39 is 0 Å². The molecule has 19 heavy (non-hydrogen) atoms. The Hall–Kier alpha value is -1.06. The molecule has 0 radical (unpaired) electrons. The lowest BCUT2D eigenvalue weighted by atomic mass is 10.0. The second-order valence-corrected chi connectivity index (χ2v) is 5.64. The van der Waals surface area contributed by atoms with Gasteiger partial charge in [0.05, 0.1) is 6.61 Å². The Bertz CT molecular complexity index is 375. The van der Waals surface area contributed by atoms with Crippen LogP contribution in [0.15, 0.2) is 24.3 Å². The Kier molecular flexibility index (Phi) is 5.23. The minimum atomic E-state index is 0.315. The molecule has 1 aliphatic heterocycles. The molecule has 0 amide bonds. The van der Waals surface area contributed by atoms with E-state index in [2.05, 4.69) is 43.0 Å². The predicted molar refractivity (Wildman–Crippen MR) is 79.3 cm³/mol. The lowest BCUT2D eigenvalue weighted by molar-refractivity contribution is 0.306. The van der Waals surface area contributed by atoms with Gasteiger partial charge in [-0.05, 0) is 49.9 Å². The fraction of sp³-hybridized carbons (Fsp3) is 0.625. The molecule has 0 aromatic heterocycles. The summed E-state index contributed by atoms with van der Waals surface area (Å²) < 4.78 is 5.60. The highest BCUT2D eigenvalue weighted by molar-refractivity contribution is 5.27. The van der Waals surface area contributed by atoms with E-state index in [1.807, 2.05) is 0 Å². The molecule has 2 N–H and O–H groups in total. The van der Waals surface area contributed by atoms with Crippen LogP contribution in [0.4, 0.5) is 0 Å². The smallest absolute Gasteiger partial charge is 0.119 e. The van der Waals surface area contributed by atoms with Gasteiger partial charge < -0.3 is 10.5 Å². The van der Waals surface area contributed by atoms with Crippen molar-refractivity contribution in [2.45, 2.75) is 39.3 Å². The maximum absolute atomic E-state index is 5.98. The van der Waals surface area contributed by atoms with Crippen molar-refractivity contribution in [3.8, 4) is 5.75 Å². The predicted octanol–water partition coefficient (Wildman–Crippen LogP) is 2.64. The van der Waals surface area contributed by atoms with E-state index in [4.69, 9.17) is 10.5 Å². The van der Waals surface area contributed by atoms with Crippen molar-refractivity contribution < 1.29 is 4.74 Å². The van der Waals surface area contributed by atoms with E-state index >= 15 is 0 Å². The number of rotatable bonds is 6. The van der Waals surface area contributed by atoms with Gasteiger partial charge in [0.15, 0.2) is 0 Å². The van der Waals surface area contributed by atoms with Crippen molar-refractivity contribution in [1.82, 2.24) is 4.90 Å².